The Morgan fingerprint density at radius 1 is 1.35 bits per heavy atom. The van der Waals surface area contributed by atoms with Crippen LogP contribution in [-0.4, -0.2) is 24.5 Å². The van der Waals surface area contributed by atoms with Gasteiger partial charge in [-0.3, -0.25) is 4.79 Å². The van der Waals surface area contributed by atoms with Crippen molar-refractivity contribution in [3.05, 3.63) is 47.7 Å². The highest BCUT2D eigenvalue weighted by molar-refractivity contribution is 6.04. The van der Waals surface area contributed by atoms with Gasteiger partial charge in [0.05, 0.1) is 19.0 Å². The highest BCUT2D eigenvalue weighted by Gasteiger charge is 2.13. The third-order valence-electron chi connectivity index (χ3n) is 3.28. The van der Waals surface area contributed by atoms with Crippen molar-refractivity contribution in [3.8, 4) is 5.88 Å². The van der Waals surface area contributed by atoms with Crippen LogP contribution >= 0.6 is 0 Å². The van der Waals surface area contributed by atoms with Crippen molar-refractivity contribution < 1.29 is 9.53 Å². The summed E-state index contributed by atoms with van der Waals surface area (Å²) in [5, 5.41) is 6.10. The zero-order chi connectivity index (χ0) is 13.9. The molecule has 102 valence electrons. The van der Waals surface area contributed by atoms with Gasteiger partial charge in [0.25, 0.3) is 5.91 Å². The molecule has 0 radical (unpaired) electrons. The van der Waals surface area contributed by atoms with Crippen LogP contribution in [0.25, 0.3) is 0 Å². The molecule has 5 heteroatoms. The molecule has 1 aromatic carbocycles. The van der Waals surface area contributed by atoms with E-state index in [0.717, 1.165) is 18.7 Å². The molecule has 2 N–H and O–H groups in total. The van der Waals surface area contributed by atoms with Crippen LogP contribution in [0.15, 0.2) is 36.5 Å². The summed E-state index contributed by atoms with van der Waals surface area (Å²) >= 11 is 0. The molecule has 0 aliphatic carbocycles. The largest absolute Gasteiger partial charge is 0.481 e. The van der Waals surface area contributed by atoms with Crippen LogP contribution in [-0.2, 0) is 6.42 Å². The lowest BCUT2D eigenvalue weighted by Crippen LogP contribution is -2.12. The number of fused-ring (bicyclic) bond motifs is 1. The van der Waals surface area contributed by atoms with Gasteiger partial charge < -0.3 is 15.4 Å². The molecular weight excluding hydrogens is 254 g/mol. The number of aromatic nitrogens is 1. The molecule has 1 aliphatic rings. The fourth-order valence-electron chi connectivity index (χ4n) is 2.22. The van der Waals surface area contributed by atoms with E-state index in [0.29, 0.717) is 17.1 Å². The van der Waals surface area contributed by atoms with E-state index in [1.807, 2.05) is 18.2 Å². The first-order valence-electron chi connectivity index (χ1n) is 6.44. The molecule has 1 aliphatic heterocycles. The van der Waals surface area contributed by atoms with E-state index in [1.165, 1.54) is 5.56 Å². The number of methoxy groups -OCH3 is 1. The Hall–Kier alpha value is -2.56. The van der Waals surface area contributed by atoms with E-state index in [9.17, 15) is 4.79 Å². The molecule has 0 atom stereocenters. The van der Waals surface area contributed by atoms with Gasteiger partial charge in [-0.2, -0.15) is 0 Å². The molecule has 1 amide bonds. The number of pyridine rings is 1. The normalized spacial score (nSPS) is 12.4. The summed E-state index contributed by atoms with van der Waals surface area (Å²) in [6, 6.07) is 9.18. The quantitative estimate of drug-likeness (QED) is 0.897. The topological polar surface area (TPSA) is 63.2 Å². The lowest BCUT2D eigenvalue weighted by molar-refractivity contribution is 0.102. The fourth-order valence-corrected chi connectivity index (χ4v) is 2.22. The average Bonchev–Trinajstić information content (AvgIpc) is 2.95. The third kappa shape index (κ3) is 2.42. The number of ether oxygens (including phenoxy) is 1. The van der Waals surface area contributed by atoms with Gasteiger partial charge in [0.1, 0.15) is 0 Å². The highest BCUT2D eigenvalue weighted by Crippen LogP contribution is 2.23. The van der Waals surface area contributed by atoms with Crippen LogP contribution in [0.1, 0.15) is 15.9 Å². The molecule has 1 aromatic heterocycles. The summed E-state index contributed by atoms with van der Waals surface area (Å²) in [4.78, 5) is 16.2. The number of nitrogens with one attached hydrogen (secondary N) is 2. The Bertz CT molecular complexity index is 638. The molecule has 3 rings (SSSR count). The lowest BCUT2D eigenvalue weighted by Gasteiger charge is -2.07. The Labute approximate surface area is 117 Å². The van der Waals surface area contributed by atoms with Crippen molar-refractivity contribution in [1.82, 2.24) is 4.98 Å². The number of carbonyl (C=O) groups is 1. The summed E-state index contributed by atoms with van der Waals surface area (Å²) in [5.41, 5.74) is 3.61. The molecule has 2 heterocycles. The van der Waals surface area contributed by atoms with E-state index < -0.39 is 0 Å². The predicted octanol–water partition coefficient (Wildman–Crippen LogP) is 2.31. The zero-order valence-electron chi connectivity index (χ0n) is 11.1. The van der Waals surface area contributed by atoms with Gasteiger partial charge in [-0.1, -0.05) is 0 Å². The second-order valence-electron chi connectivity index (χ2n) is 4.59. The Balaban J connectivity index is 1.75. The monoisotopic (exact) mass is 269 g/mol. The summed E-state index contributed by atoms with van der Waals surface area (Å²) in [6.07, 6.45) is 2.53. The first-order valence-corrected chi connectivity index (χ1v) is 6.44. The minimum absolute atomic E-state index is 0.133. The van der Waals surface area contributed by atoms with E-state index in [4.69, 9.17) is 4.74 Å². The van der Waals surface area contributed by atoms with Crippen LogP contribution in [0.3, 0.4) is 0 Å². The summed E-state index contributed by atoms with van der Waals surface area (Å²) in [6.45, 7) is 0.933. The van der Waals surface area contributed by atoms with Crippen molar-refractivity contribution in [2.75, 3.05) is 24.3 Å². The standard InChI is InChI=1S/C15H15N3O2/c1-20-14-5-3-12(9-17-14)18-15(19)11-2-4-13-10(8-11)6-7-16-13/h2-5,8-9,16H,6-7H2,1H3,(H,18,19). The average molecular weight is 269 g/mol. The summed E-state index contributed by atoms with van der Waals surface area (Å²) < 4.78 is 4.98. The predicted molar refractivity (Wildman–Crippen MR) is 77.4 cm³/mol. The molecule has 0 fully saturated rings. The van der Waals surface area contributed by atoms with E-state index in [-0.39, 0.29) is 5.91 Å². The minimum Gasteiger partial charge on any atom is -0.481 e. The number of rotatable bonds is 3. The maximum Gasteiger partial charge on any atom is 0.255 e. The maximum absolute atomic E-state index is 12.2. The van der Waals surface area contributed by atoms with Crippen molar-refractivity contribution >= 4 is 17.3 Å². The number of carbonyl (C=O) groups excluding carboxylic acids is 1. The second kappa shape index (κ2) is 5.21. The molecule has 0 spiro atoms. The van der Waals surface area contributed by atoms with Crippen molar-refractivity contribution in [1.29, 1.82) is 0 Å². The van der Waals surface area contributed by atoms with Gasteiger partial charge in [-0.15, -0.1) is 0 Å². The summed E-state index contributed by atoms with van der Waals surface area (Å²) in [7, 11) is 1.55. The minimum atomic E-state index is -0.133. The van der Waals surface area contributed by atoms with E-state index in [1.54, 1.807) is 25.4 Å². The summed E-state index contributed by atoms with van der Waals surface area (Å²) in [5.74, 6) is 0.387. The van der Waals surface area contributed by atoms with Gasteiger partial charge in [0, 0.05) is 23.9 Å². The molecule has 5 nitrogen and oxygen atoms in total. The van der Waals surface area contributed by atoms with Crippen LogP contribution < -0.4 is 15.4 Å². The molecule has 2 aromatic rings. The van der Waals surface area contributed by atoms with Crippen molar-refractivity contribution in [3.63, 3.8) is 0 Å². The highest BCUT2D eigenvalue weighted by atomic mass is 16.5. The van der Waals surface area contributed by atoms with Gasteiger partial charge in [-0.05, 0) is 36.2 Å². The maximum atomic E-state index is 12.2. The number of amides is 1. The van der Waals surface area contributed by atoms with E-state index in [2.05, 4.69) is 15.6 Å². The van der Waals surface area contributed by atoms with Crippen LogP contribution in [0.2, 0.25) is 0 Å². The number of hydrogen-bond donors (Lipinski definition) is 2. The van der Waals surface area contributed by atoms with Gasteiger partial charge in [0.2, 0.25) is 5.88 Å². The molecule has 0 unspecified atom stereocenters. The number of benzene rings is 1. The van der Waals surface area contributed by atoms with Gasteiger partial charge in [0.15, 0.2) is 0 Å². The number of nitrogens with zero attached hydrogens (tertiary/aromatic N) is 1. The smallest absolute Gasteiger partial charge is 0.255 e. The Morgan fingerprint density at radius 2 is 2.25 bits per heavy atom. The molecule has 20 heavy (non-hydrogen) atoms. The molecule has 0 bridgehead atoms. The van der Waals surface area contributed by atoms with Gasteiger partial charge in [-0.25, -0.2) is 4.98 Å². The molecule has 0 saturated heterocycles. The van der Waals surface area contributed by atoms with Crippen LogP contribution in [0, 0.1) is 0 Å². The SMILES string of the molecule is COc1ccc(NC(=O)c2ccc3c(c2)CCN3)cn1. The van der Waals surface area contributed by atoms with Crippen molar-refractivity contribution in [2.24, 2.45) is 0 Å². The van der Waals surface area contributed by atoms with Crippen molar-refractivity contribution in [2.45, 2.75) is 6.42 Å². The van der Waals surface area contributed by atoms with Crippen LogP contribution in [0.4, 0.5) is 11.4 Å². The van der Waals surface area contributed by atoms with E-state index >= 15 is 0 Å². The Morgan fingerprint density at radius 3 is 3.00 bits per heavy atom. The molecule has 0 saturated carbocycles. The first-order chi connectivity index (χ1) is 9.76. The first kappa shape index (κ1) is 12.5. The Kier molecular flexibility index (Phi) is 3.25. The third-order valence-corrected chi connectivity index (χ3v) is 3.28. The van der Waals surface area contributed by atoms with Gasteiger partial charge >= 0.3 is 0 Å². The lowest BCUT2D eigenvalue weighted by atomic mass is 10.1. The second-order valence-corrected chi connectivity index (χ2v) is 4.59. The number of hydrogen-bond acceptors (Lipinski definition) is 4. The fraction of sp³-hybridized carbons (Fsp3) is 0.200. The van der Waals surface area contributed by atoms with Crippen LogP contribution in [0.5, 0.6) is 5.88 Å². The zero-order valence-corrected chi connectivity index (χ0v) is 11.1. The molecular formula is C15H15N3O2. The number of anilines is 2.